The van der Waals surface area contributed by atoms with Gasteiger partial charge in [-0.1, -0.05) is 42.3 Å². The number of esters is 1. The predicted octanol–water partition coefficient (Wildman–Crippen LogP) is 5.62. The Morgan fingerprint density at radius 2 is 1.89 bits per heavy atom. The Hall–Kier alpha value is -2.61. The van der Waals surface area contributed by atoms with E-state index in [1.165, 1.54) is 0 Å². The van der Waals surface area contributed by atoms with Crippen LogP contribution in [0, 0.1) is 11.8 Å². The van der Waals surface area contributed by atoms with E-state index in [1.807, 2.05) is 6.07 Å². The topological polar surface area (TPSA) is 76.2 Å². The fourth-order valence-electron chi connectivity index (χ4n) is 4.83. The van der Waals surface area contributed by atoms with E-state index in [4.69, 9.17) is 32.7 Å². The zero-order chi connectivity index (χ0) is 26.4. The van der Waals surface area contributed by atoms with Gasteiger partial charge in [0, 0.05) is 30.9 Å². The van der Waals surface area contributed by atoms with Crippen LogP contribution in [0.1, 0.15) is 49.4 Å². The number of para-hydroxylation sites is 1. The Balaban J connectivity index is 1.22. The minimum Gasteiger partial charge on any atom is -0.494 e. The molecular weight excluding hydrogens is 515 g/mol. The van der Waals surface area contributed by atoms with E-state index < -0.39 is 5.97 Å². The lowest BCUT2D eigenvalue weighted by atomic mass is 9.98. The van der Waals surface area contributed by atoms with Gasteiger partial charge in [0.05, 0.1) is 34.5 Å². The van der Waals surface area contributed by atoms with Gasteiger partial charge in [-0.2, -0.15) is 0 Å². The number of anilines is 1. The molecule has 0 saturated carbocycles. The first-order valence-electron chi connectivity index (χ1n) is 12.8. The van der Waals surface area contributed by atoms with Crippen molar-refractivity contribution in [2.24, 2.45) is 11.8 Å². The van der Waals surface area contributed by atoms with E-state index in [1.54, 1.807) is 43.3 Å². The van der Waals surface area contributed by atoms with Crippen LogP contribution in [0.2, 0.25) is 10.0 Å². The summed E-state index contributed by atoms with van der Waals surface area (Å²) in [6.45, 7) is 5.48. The zero-order valence-electron chi connectivity index (χ0n) is 21.0. The summed E-state index contributed by atoms with van der Waals surface area (Å²) in [5, 5.41) is 0.991. The monoisotopic (exact) mass is 546 g/mol. The second-order valence-corrected chi connectivity index (χ2v) is 10.5. The van der Waals surface area contributed by atoms with E-state index in [-0.39, 0.29) is 35.6 Å². The summed E-state index contributed by atoms with van der Waals surface area (Å²) in [5.41, 5.74) is 0.549. The third kappa shape index (κ3) is 7.03. The highest BCUT2D eigenvalue weighted by Gasteiger charge is 2.38. The Bertz CT molecular complexity index is 1140. The molecule has 198 valence electrons. The van der Waals surface area contributed by atoms with Gasteiger partial charge in [0.25, 0.3) is 0 Å². The van der Waals surface area contributed by atoms with Gasteiger partial charge in [-0.3, -0.25) is 9.59 Å². The largest absolute Gasteiger partial charge is 0.494 e. The van der Waals surface area contributed by atoms with Crippen molar-refractivity contribution in [2.45, 2.75) is 39.0 Å². The molecule has 2 aliphatic heterocycles. The first kappa shape index (κ1) is 27.4. The molecule has 0 aliphatic carbocycles. The van der Waals surface area contributed by atoms with Crippen molar-refractivity contribution in [3.8, 4) is 5.75 Å². The maximum absolute atomic E-state index is 12.9. The van der Waals surface area contributed by atoms with Crippen LogP contribution in [0.3, 0.4) is 0 Å². The molecule has 9 heteroatoms. The minimum atomic E-state index is -0.507. The highest BCUT2D eigenvalue weighted by Crippen LogP contribution is 2.30. The van der Waals surface area contributed by atoms with E-state index in [9.17, 15) is 14.4 Å². The second kappa shape index (κ2) is 12.8. The van der Waals surface area contributed by atoms with Crippen LogP contribution in [-0.4, -0.2) is 55.5 Å². The van der Waals surface area contributed by atoms with Crippen LogP contribution in [0.15, 0.2) is 42.5 Å². The van der Waals surface area contributed by atoms with Gasteiger partial charge in [0.2, 0.25) is 11.8 Å². The van der Waals surface area contributed by atoms with Crippen LogP contribution in [0.25, 0.3) is 0 Å². The van der Waals surface area contributed by atoms with Crippen molar-refractivity contribution < 1.29 is 23.9 Å². The number of unbranched alkanes of at least 4 members (excludes halogenated alkanes) is 1. The molecule has 2 saturated heterocycles. The number of nitrogens with zero attached hydrogens (tertiary/aromatic N) is 2. The molecule has 0 N–H and O–H groups in total. The summed E-state index contributed by atoms with van der Waals surface area (Å²) in [7, 11) is 0. The average molecular weight is 547 g/mol. The summed E-state index contributed by atoms with van der Waals surface area (Å²) < 4.78 is 11.4. The molecule has 2 heterocycles. The van der Waals surface area contributed by atoms with Crippen molar-refractivity contribution in [3.63, 3.8) is 0 Å². The lowest BCUT2D eigenvalue weighted by molar-refractivity contribution is -0.122. The van der Waals surface area contributed by atoms with E-state index in [0.29, 0.717) is 34.7 Å². The van der Waals surface area contributed by atoms with Crippen LogP contribution >= 0.6 is 23.2 Å². The number of likely N-dealkylation sites (tertiary alicyclic amines) is 1. The number of carbonyl (C=O) groups is 3. The van der Waals surface area contributed by atoms with Crippen LogP contribution < -0.4 is 9.64 Å². The minimum absolute atomic E-state index is 0.154. The number of amides is 2. The maximum atomic E-state index is 12.9. The normalized spacial score (nSPS) is 20.4. The molecular formula is C28H32Cl2N2O5. The standard InChI is InChI=1S/C28H32Cl2N2O5/c1-19-15-26(33)32(27(19)34)25-9-3-2-8-22(25)28(35)37-18-20-7-6-13-31(17-20)12-4-5-14-36-21-10-11-23(29)24(30)16-21/h2-3,8-11,16,19-20H,4-7,12-15,17-18H2,1H3. The third-order valence-corrected chi connectivity index (χ3v) is 7.56. The molecule has 0 bridgehead atoms. The van der Waals surface area contributed by atoms with Gasteiger partial charge in [0.1, 0.15) is 5.75 Å². The van der Waals surface area contributed by atoms with E-state index in [2.05, 4.69) is 4.90 Å². The number of piperidine rings is 1. The van der Waals surface area contributed by atoms with Crippen LogP contribution in [0.5, 0.6) is 5.75 Å². The van der Waals surface area contributed by atoms with Gasteiger partial charge < -0.3 is 14.4 Å². The van der Waals surface area contributed by atoms with Gasteiger partial charge in [-0.05, 0) is 63.0 Å². The molecule has 0 radical (unpaired) electrons. The number of rotatable bonds is 10. The highest BCUT2D eigenvalue weighted by molar-refractivity contribution is 6.42. The second-order valence-electron chi connectivity index (χ2n) is 9.73. The van der Waals surface area contributed by atoms with Crippen LogP contribution in [0.4, 0.5) is 5.69 Å². The van der Waals surface area contributed by atoms with Crippen molar-refractivity contribution in [2.75, 3.05) is 37.7 Å². The van der Waals surface area contributed by atoms with E-state index >= 15 is 0 Å². The van der Waals surface area contributed by atoms with Gasteiger partial charge in [-0.15, -0.1) is 0 Å². The molecule has 2 aromatic rings. The fraction of sp³-hybridized carbons (Fsp3) is 0.464. The SMILES string of the molecule is CC1CC(=O)N(c2ccccc2C(=O)OCC2CCCN(CCCCOc3ccc(Cl)c(Cl)c3)C2)C1=O. The number of hydrogen-bond donors (Lipinski definition) is 0. The fourth-order valence-corrected chi connectivity index (χ4v) is 5.12. The lowest BCUT2D eigenvalue weighted by Gasteiger charge is -2.32. The molecule has 4 rings (SSSR count). The molecule has 2 aliphatic rings. The summed E-state index contributed by atoms with van der Waals surface area (Å²) in [6.07, 6.45) is 4.11. The van der Waals surface area contributed by atoms with Gasteiger partial charge in [-0.25, -0.2) is 9.69 Å². The predicted molar refractivity (Wildman–Crippen MR) is 143 cm³/mol. The Kier molecular flexibility index (Phi) is 9.46. The zero-order valence-corrected chi connectivity index (χ0v) is 22.5. The molecule has 37 heavy (non-hydrogen) atoms. The first-order valence-corrected chi connectivity index (χ1v) is 13.5. The molecule has 2 amide bonds. The molecule has 0 spiro atoms. The van der Waals surface area contributed by atoms with Crippen molar-refractivity contribution in [3.05, 3.63) is 58.1 Å². The summed E-state index contributed by atoms with van der Waals surface area (Å²) in [4.78, 5) is 41.3. The molecule has 2 unspecified atom stereocenters. The first-order chi connectivity index (χ1) is 17.8. The van der Waals surface area contributed by atoms with Gasteiger partial charge in [0.15, 0.2) is 0 Å². The highest BCUT2D eigenvalue weighted by atomic mass is 35.5. The van der Waals surface area contributed by atoms with Crippen molar-refractivity contribution >= 4 is 46.7 Å². The Labute approximate surface area is 227 Å². The number of benzene rings is 2. The maximum Gasteiger partial charge on any atom is 0.340 e. The molecule has 0 aromatic heterocycles. The smallest absolute Gasteiger partial charge is 0.340 e. The number of imide groups is 1. The van der Waals surface area contributed by atoms with Crippen molar-refractivity contribution in [1.82, 2.24) is 4.90 Å². The Morgan fingerprint density at radius 1 is 1.08 bits per heavy atom. The quantitative estimate of drug-likeness (QED) is 0.218. The number of hydrogen-bond acceptors (Lipinski definition) is 6. The molecule has 7 nitrogen and oxygen atoms in total. The number of ether oxygens (including phenoxy) is 2. The van der Waals surface area contributed by atoms with Crippen LogP contribution in [-0.2, 0) is 14.3 Å². The summed E-state index contributed by atoms with van der Waals surface area (Å²) in [5.74, 6) is -0.505. The Morgan fingerprint density at radius 3 is 2.65 bits per heavy atom. The molecule has 2 atom stereocenters. The third-order valence-electron chi connectivity index (χ3n) is 6.82. The van der Waals surface area contributed by atoms with E-state index in [0.717, 1.165) is 50.2 Å². The lowest BCUT2D eigenvalue weighted by Crippen LogP contribution is -2.38. The average Bonchev–Trinajstić information content (AvgIpc) is 3.15. The molecule has 2 aromatic carbocycles. The van der Waals surface area contributed by atoms with Crippen molar-refractivity contribution in [1.29, 1.82) is 0 Å². The van der Waals surface area contributed by atoms with Gasteiger partial charge >= 0.3 is 5.97 Å². The molecule has 2 fully saturated rings. The number of halogens is 2. The summed E-state index contributed by atoms with van der Waals surface area (Å²) in [6, 6.07) is 11.9. The number of carbonyl (C=O) groups excluding carboxylic acids is 3. The summed E-state index contributed by atoms with van der Waals surface area (Å²) >= 11 is 12.0.